The second kappa shape index (κ2) is 4.51. The third kappa shape index (κ3) is 2.02. The molecule has 0 aliphatic carbocycles. The molecule has 0 bridgehead atoms. The van der Waals surface area contributed by atoms with Crippen LogP contribution >= 0.6 is 27.3 Å². The molecule has 3 rings (SSSR count). The Morgan fingerprint density at radius 1 is 1.28 bits per heavy atom. The van der Waals surface area contributed by atoms with Crippen LogP contribution in [0.5, 0.6) is 0 Å². The van der Waals surface area contributed by atoms with Gasteiger partial charge in [-0.2, -0.15) is 5.10 Å². The molecule has 0 unspecified atom stereocenters. The minimum absolute atomic E-state index is 0.506. The van der Waals surface area contributed by atoms with E-state index in [1.807, 2.05) is 11.4 Å². The Morgan fingerprint density at radius 3 is 2.72 bits per heavy atom. The summed E-state index contributed by atoms with van der Waals surface area (Å²) in [4.78, 5) is 9.27. The van der Waals surface area contributed by atoms with Crippen molar-refractivity contribution in [2.24, 2.45) is 0 Å². The highest BCUT2D eigenvalue weighted by Gasteiger charge is 2.12. The minimum Gasteiger partial charge on any atom is -0.396 e. The number of aromatic nitrogens is 4. The maximum Gasteiger partial charge on any atom is 0.250 e. The largest absolute Gasteiger partial charge is 0.396 e. The van der Waals surface area contributed by atoms with E-state index in [9.17, 15) is 0 Å². The predicted molar refractivity (Wildman–Crippen MR) is 74.6 cm³/mol. The van der Waals surface area contributed by atoms with Crippen LogP contribution in [-0.2, 0) is 0 Å². The smallest absolute Gasteiger partial charge is 0.250 e. The van der Waals surface area contributed by atoms with Gasteiger partial charge in [-0.3, -0.25) is 0 Å². The zero-order valence-electron chi connectivity index (χ0n) is 9.12. The fourth-order valence-electron chi connectivity index (χ4n) is 1.53. The number of anilines is 1. The van der Waals surface area contributed by atoms with Gasteiger partial charge in [-0.05, 0) is 28.1 Å². The van der Waals surface area contributed by atoms with Crippen molar-refractivity contribution in [3.8, 4) is 16.5 Å². The molecule has 18 heavy (non-hydrogen) atoms. The van der Waals surface area contributed by atoms with E-state index in [1.165, 1.54) is 0 Å². The van der Waals surface area contributed by atoms with Gasteiger partial charge in [0.15, 0.2) is 0 Å². The molecule has 0 aliphatic heterocycles. The first-order valence-electron chi connectivity index (χ1n) is 5.11. The molecule has 0 fully saturated rings. The second-order valence-electron chi connectivity index (χ2n) is 3.56. The van der Waals surface area contributed by atoms with E-state index >= 15 is 0 Å². The summed E-state index contributed by atoms with van der Waals surface area (Å²) in [6.45, 7) is 0. The van der Waals surface area contributed by atoms with Crippen molar-refractivity contribution in [1.29, 1.82) is 0 Å². The third-order valence-electron chi connectivity index (χ3n) is 2.30. The number of hydrogen-bond donors (Lipinski definition) is 1. The van der Waals surface area contributed by atoms with E-state index in [1.54, 1.807) is 40.7 Å². The molecule has 3 aromatic rings. The van der Waals surface area contributed by atoms with Crippen molar-refractivity contribution in [3.05, 3.63) is 40.6 Å². The quantitative estimate of drug-likeness (QED) is 0.787. The maximum atomic E-state index is 5.97. The van der Waals surface area contributed by atoms with E-state index in [0.717, 1.165) is 15.0 Å². The third-order valence-corrected chi connectivity index (χ3v) is 4.00. The van der Waals surface area contributed by atoms with Crippen LogP contribution in [0, 0.1) is 0 Å². The lowest BCUT2D eigenvalue weighted by Gasteiger charge is -1.96. The summed E-state index contributed by atoms with van der Waals surface area (Å²) in [6.07, 6.45) is 5.06. The van der Waals surface area contributed by atoms with Crippen LogP contribution < -0.4 is 5.73 Å². The van der Waals surface area contributed by atoms with Crippen molar-refractivity contribution in [2.75, 3.05) is 5.73 Å². The van der Waals surface area contributed by atoms with E-state index in [4.69, 9.17) is 5.73 Å². The molecule has 0 aliphatic rings. The van der Waals surface area contributed by atoms with Gasteiger partial charge in [-0.15, -0.1) is 11.3 Å². The SMILES string of the molecule is Nc1cn(-c2ncccn2)nc1-c1cc(Br)cs1. The molecule has 0 amide bonds. The van der Waals surface area contributed by atoms with Crippen molar-refractivity contribution in [3.63, 3.8) is 0 Å². The van der Waals surface area contributed by atoms with Gasteiger partial charge >= 0.3 is 0 Å². The lowest BCUT2D eigenvalue weighted by atomic mass is 10.3. The molecule has 0 saturated heterocycles. The van der Waals surface area contributed by atoms with Crippen LogP contribution in [0.3, 0.4) is 0 Å². The highest BCUT2D eigenvalue weighted by atomic mass is 79.9. The van der Waals surface area contributed by atoms with E-state index in [-0.39, 0.29) is 0 Å². The molecule has 2 N–H and O–H groups in total. The molecule has 3 heterocycles. The summed E-state index contributed by atoms with van der Waals surface area (Å²) in [6, 6.07) is 3.74. The maximum absolute atomic E-state index is 5.97. The number of nitrogen functional groups attached to an aromatic ring is 1. The van der Waals surface area contributed by atoms with Gasteiger partial charge in [0.25, 0.3) is 5.95 Å². The number of rotatable bonds is 2. The number of thiophene rings is 1. The second-order valence-corrected chi connectivity index (χ2v) is 5.38. The number of nitrogens with two attached hydrogens (primary N) is 1. The van der Waals surface area contributed by atoms with Crippen molar-refractivity contribution in [2.45, 2.75) is 0 Å². The molecule has 7 heteroatoms. The lowest BCUT2D eigenvalue weighted by Crippen LogP contribution is -2.00. The van der Waals surface area contributed by atoms with Crippen LogP contribution in [0.2, 0.25) is 0 Å². The zero-order valence-corrected chi connectivity index (χ0v) is 11.5. The summed E-state index contributed by atoms with van der Waals surface area (Å²) in [7, 11) is 0. The van der Waals surface area contributed by atoms with E-state index in [0.29, 0.717) is 11.6 Å². The van der Waals surface area contributed by atoms with Gasteiger partial charge in [0, 0.05) is 22.2 Å². The monoisotopic (exact) mass is 321 g/mol. The molecule has 0 atom stereocenters. The zero-order chi connectivity index (χ0) is 12.5. The minimum atomic E-state index is 0.506. The first kappa shape index (κ1) is 11.4. The Kier molecular flexibility index (Phi) is 2.85. The van der Waals surface area contributed by atoms with Crippen molar-refractivity contribution < 1.29 is 0 Å². The van der Waals surface area contributed by atoms with Crippen LogP contribution in [-0.4, -0.2) is 19.7 Å². The number of nitrogens with zero attached hydrogens (tertiary/aromatic N) is 4. The summed E-state index contributed by atoms with van der Waals surface area (Å²) in [5.74, 6) is 0.506. The van der Waals surface area contributed by atoms with Crippen molar-refractivity contribution in [1.82, 2.24) is 19.7 Å². The molecule has 3 aromatic heterocycles. The van der Waals surface area contributed by atoms with E-state index in [2.05, 4.69) is 31.0 Å². The van der Waals surface area contributed by atoms with Crippen molar-refractivity contribution >= 4 is 33.0 Å². The average Bonchev–Trinajstić information content (AvgIpc) is 2.97. The van der Waals surface area contributed by atoms with Gasteiger partial charge in [0.1, 0.15) is 5.69 Å². The molecule has 90 valence electrons. The van der Waals surface area contributed by atoms with Gasteiger partial charge < -0.3 is 5.73 Å². The molecular formula is C11H8BrN5S. The fourth-order valence-corrected chi connectivity index (χ4v) is 2.96. The Morgan fingerprint density at radius 2 is 2.06 bits per heavy atom. The van der Waals surface area contributed by atoms with Gasteiger partial charge in [-0.25, -0.2) is 14.6 Å². The summed E-state index contributed by atoms with van der Waals surface area (Å²) >= 11 is 5.00. The van der Waals surface area contributed by atoms with Gasteiger partial charge in [0.05, 0.1) is 16.8 Å². The molecule has 5 nitrogen and oxygen atoms in total. The Hall–Kier alpha value is -1.73. The van der Waals surface area contributed by atoms with Crippen LogP contribution in [0.1, 0.15) is 0 Å². The molecule has 0 radical (unpaired) electrons. The number of halogens is 1. The van der Waals surface area contributed by atoms with Crippen LogP contribution in [0.25, 0.3) is 16.5 Å². The molecule has 0 aromatic carbocycles. The number of hydrogen-bond acceptors (Lipinski definition) is 5. The average molecular weight is 322 g/mol. The van der Waals surface area contributed by atoms with Crippen LogP contribution in [0.4, 0.5) is 5.69 Å². The first-order valence-corrected chi connectivity index (χ1v) is 6.78. The molecular weight excluding hydrogens is 314 g/mol. The van der Waals surface area contributed by atoms with Gasteiger partial charge in [-0.1, -0.05) is 0 Å². The Balaban J connectivity index is 2.06. The highest BCUT2D eigenvalue weighted by Crippen LogP contribution is 2.32. The summed E-state index contributed by atoms with van der Waals surface area (Å²) < 4.78 is 2.60. The Bertz CT molecular complexity index is 676. The predicted octanol–water partition coefficient (Wildman–Crippen LogP) is 2.74. The summed E-state index contributed by atoms with van der Waals surface area (Å²) in [5.41, 5.74) is 7.33. The molecule has 0 saturated carbocycles. The first-order chi connectivity index (χ1) is 8.74. The standard InChI is InChI=1S/C11H8BrN5S/c12-7-4-9(18-6-7)10-8(13)5-17(16-10)11-14-2-1-3-15-11/h1-6H,13H2. The van der Waals surface area contributed by atoms with Gasteiger partial charge in [0.2, 0.25) is 0 Å². The highest BCUT2D eigenvalue weighted by molar-refractivity contribution is 9.10. The normalized spacial score (nSPS) is 10.7. The Labute approximate surface area is 115 Å². The van der Waals surface area contributed by atoms with E-state index < -0.39 is 0 Å². The molecule has 0 spiro atoms. The summed E-state index contributed by atoms with van der Waals surface area (Å²) in [5, 5.41) is 6.41. The lowest BCUT2D eigenvalue weighted by molar-refractivity contribution is 0.811. The topological polar surface area (TPSA) is 69.6 Å². The fraction of sp³-hybridized carbons (Fsp3) is 0. The van der Waals surface area contributed by atoms with Crippen LogP contribution in [0.15, 0.2) is 40.6 Å².